The van der Waals surface area contributed by atoms with Crippen LogP contribution in [0.15, 0.2) is 15.7 Å². The Morgan fingerprint density at radius 2 is 2.20 bits per heavy atom. The van der Waals surface area contributed by atoms with Gasteiger partial charge in [-0.3, -0.25) is 0 Å². The molecular formula is C12H17NO5S2. The van der Waals surface area contributed by atoms with Crippen LogP contribution < -0.4 is 0 Å². The summed E-state index contributed by atoms with van der Waals surface area (Å²) in [6.07, 6.45) is 0.645. The fourth-order valence-corrected chi connectivity index (χ4v) is 5.68. The highest BCUT2D eigenvalue weighted by Crippen LogP contribution is 2.44. The summed E-state index contributed by atoms with van der Waals surface area (Å²) in [6.45, 7) is 2.12. The van der Waals surface area contributed by atoms with Gasteiger partial charge in [0.15, 0.2) is 0 Å². The van der Waals surface area contributed by atoms with Crippen molar-refractivity contribution < 1.29 is 22.6 Å². The van der Waals surface area contributed by atoms with Gasteiger partial charge in [-0.15, -0.1) is 11.3 Å². The van der Waals surface area contributed by atoms with Crippen LogP contribution in [0.3, 0.4) is 0 Å². The zero-order valence-corrected chi connectivity index (χ0v) is 12.8. The molecule has 0 radical (unpaired) electrons. The van der Waals surface area contributed by atoms with Crippen LogP contribution in [0.2, 0.25) is 0 Å². The molecule has 20 heavy (non-hydrogen) atoms. The summed E-state index contributed by atoms with van der Waals surface area (Å²) in [4.78, 5) is 0. The van der Waals surface area contributed by atoms with Crippen LogP contribution in [0, 0.1) is 0 Å². The summed E-state index contributed by atoms with van der Waals surface area (Å²) in [6, 6.07) is 1.79. The Labute approximate surface area is 122 Å². The first kappa shape index (κ1) is 14.4. The Hall–Kier alpha value is -0.510. The van der Waals surface area contributed by atoms with Crippen LogP contribution in [0.5, 0.6) is 0 Å². The average molecular weight is 319 g/mol. The highest BCUT2D eigenvalue weighted by atomic mass is 32.2. The van der Waals surface area contributed by atoms with Crippen molar-refractivity contribution in [3.8, 4) is 0 Å². The summed E-state index contributed by atoms with van der Waals surface area (Å²) in [7, 11) is -1.84. The van der Waals surface area contributed by atoms with Crippen molar-refractivity contribution in [3.63, 3.8) is 0 Å². The van der Waals surface area contributed by atoms with Crippen molar-refractivity contribution in [2.75, 3.05) is 40.0 Å². The van der Waals surface area contributed by atoms with Crippen LogP contribution in [0.25, 0.3) is 0 Å². The number of nitrogens with zero attached hydrogens (tertiary/aromatic N) is 1. The molecule has 0 N–H and O–H groups in total. The molecule has 0 atom stereocenters. The lowest BCUT2D eigenvalue weighted by molar-refractivity contribution is -0.175. The van der Waals surface area contributed by atoms with Crippen molar-refractivity contribution in [3.05, 3.63) is 17.0 Å². The maximum Gasteiger partial charge on any atom is 0.253 e. The highest BCUT2D eigenvalue weighted by molar-refractivity contribution is 7.91. The van der Waals surface area contributed by atoms with Crippen LogP contribution in [0.1, 0.15) is 12.0 Å². The number of hydrogen-bond acceptors (Lipinski definition) is 6. The molecule has 2 aliphatic heterocycles. The Morgan fingerprint density at radius 1 is 1.45 bits per heavy atom. The molecule has 3 rings (SSSR count). The van der Waals surface area contributed by atoms with E-state index in [-0.39, 0.29) is 6.54 Å². The van der Waals surface area contributed by atoms with Gasteiger partial charge in [0.25, 0.3) is 10.0 Å². The number of thiophene rings is 1. The predicted octanol–water partition coefficient (Wildman–Crippen LogP) is 0.988. The molecule has 6 nitrogen and oxygen atoms in total. The van der Waals surface area contributed by atoms with Gasteiger partial charge < -0.3 is 14.2 Å². The summed E-state index contributed by atoms with van der Waals surface area (Å²) in [5, 5.41) is 1.77. The van der Waals surface area contributed by atoms with Crippen LogP contribution in [-0.4, -0.2) is 52.7 Å². The van der Waals surface area contributed by atoms with E-state index >= 15 is 0 Å². The third kappa shape index (κ3) is 2.20. The van der Waals surface area contributed by atoms with Gasteiger partial charge in [0.2, 0.25) is 5.79 Å². The van der Waals surface area contributed by atoms with E-state index in [1.54, 1.807) is 18.6 Å². The lowest BCUT2D eigenvalue weighted by atomic mass is 10.1. The molecule has 0 bridgehead atoms. The fraction of sp³-hybridized carbons (Fsp3) is 0.667. The summed E-state index contributed by atoms with van der Waals surface area (Å²) in [5.74, 6) is -0.923. The zero-order valence-electron chi connectivity index (χ0n) is 11.2. The molecule has 1 fully saturated rings. The normalized spacial score (nSPS) is 24.1. The topological polar surface area (TPSA) is 65.1 Å². The van der Waals surface area contributed by atoms with Gasteiger partial charge in [-0.25, -0.2) is 8.42 Å². The van der Waals surface area contributed by atoms with Gasteiger partial charge in [0, 0.05) is 25.8 Å². The summed E-state index contributed by atoms with van der Waals surface area (Å²) in [5.41, 5.74) is 0.642. The maximum atomic E-state index is 12.6. The lowest BCUT2D eigenvalue weighted by Gasteiger charge is -2.37. The first-order chi connectivity index (χ1) is 9.60. The molecule has 1 aromatic rings. The Bertz CT molecular complexity index is 576. The molecule has 112 valence electrons. The van der Waals surface area contributed by atoms with E-state index in [2.05, 4.69) is 0 Å². The SMILES string of the molecule is COCCCN1CC2(OCCO2)c2ccsc2S1(=O)=O. The van der Waals surface area contributed by atoms with E-state index in [9.17, 15) is 8.42 Å². The molecule has 1 aromatic heterocycles. The number of fused-ring (bicyclic) bond motifs is 2. The largest absolute Gasteiger partial charge is 0.385 e. The molecule has 1 saturated heterocycles. The second-order valence-corrected chi connectivity index (χ2v) is 7.81. The Morgan fingerprint density at radius 3 is 2.90 bits per heavy atom. The average Bonchev–Trinajstić information content (AvgIpc) is 3.06. The number of sulfonamides is 1. The van der Waals surface area contributed by atoms with Gasteiger partial charge in [-0.2, -0.15) is 4.31 Å². The van der Waals surface area contributed by atoms with Gasteiger partial charge in [-0.1, -0.05) is 0 Å². The number of ether oxygens (including phenoxy) is 3. The summed E-state index contributed by atoms with van der Waals surface area (Å²) < 4.78 is 43.4. The van der Waals surface area contributed by atoms with E-state index in [4.69, 9.17) is 14.2 Å². The first-order valence-electron chi connectivity index (χ1n) is 6.45. The quantitative estimate of drug-likeness (QED) is 0.774. The minimum absolute atomic E-state index is 0.211. The molecule has 0 amide bonds. The maximum absolute atomic E-state index is 12.6. The molecular weight excluding hydrogens is 302 g/mol. The summed E-state index contributed by atoms with van der Waals surface area (Å²) >= 11 is 1.22. The Kier molecular flexibility index (Phi) is 3.87. The minimum atomic E-state index is -3.45. The third-order valence-electron chi connectivity index (χ3n) is 3.51. The zero-order chi connectivity index (χ0) is 14.2. The van der Waals surface area contributed by atoms with E-state index in [1.165, 1.54) is 15.6 Å². The second-order valence-electron chi connectivity index (χ2n) is 4.76. The smallest absolute Gasteiger partial charge is 0.253 e. The molecule has 0 aromatic carbocycles. The van der Waals surface area contributed by atoms with Crippen molar-refractivity contribution in [1.82, 2.24) is 4.31 Å². The molecule has 0 aliphatic carbocycles. The van der Waals surface area contributed by atoms with Crippen LogP contribution in [-0.2, 0) is 30.0 Å². The fourth-order valence-electron chi connectivity index (χ4n) is 2.58. The lowest BCUT2D eigenvalue weighted by Crippen LogP contribution is -2.49. The monoisotopic (exact) mass is 319 g/mol. The van der Waals surface area contributed by atoms with Crippen LogP contribution >= 0.6 is 11.3 Å². The van der Waals surface area contributed by atoms with Crippen molar-refractivity contribution >= 4 is 21.4 Å². The highest BCUT2D eigenvalue weighted by Gasteiger charge is 2.51. The first-order valence-corrected chi connectivity index (χ1v) is 8.77. The third-order valence-corrected chi connectivity index (χ3v) is 6.82. The van der Waals surface area contributed by atoms with E-state index in [1.807, 2.05) is 0 Å². The molecule has 2 aliphatic rings. The molecule has 0 saturated carbocycles. The van der Waals surface area contributed by atoms with Gasteiger partial charge in [0.05, 0.1) is 19.8 Å². The van der Waals surface area contributed by atoms with E-state index < -0.39 is 15.8 Å². The van der Waals surface area contributed by atoms with Crippen molar-refractivity contribution in [1.29, 1.82) is 0 Å². The molecule has 0 unspecified atom stereocenters. The van der Waals surface area contributed by atoms with Gasteiger partial charge in [-0.05, 0) is 17.9 Å². The minimum Gasteiger partial charge on any atom is -0.385 e. The van der Waals surface area contributed by atoms with Crippen molar-refractivity contribution in [2.45, 2.75) is 16.4 Å². The van der Waals surface area contributed by atoms with Gasteiger partial charge in [0.1, 0.15) is 4.21 Å². The van der Waals surface area contributed by atoms with Crippen LogP contribution in [0.4, 0.5) is 0 Å². The number of methoxy groups -OCH3 is 1. The Balaban J connectivity index is 1.95. The standard InChI is InChI=1S/C12H17NO5S2/c1-16-5-2-4-13-9-12(17-6-7-18-12)10-3-8-19-11(10)20(13,14)15/h3,8H,2,4-7,9H2,1H3. The number of hydrogen-bond donors (Lipinski definition) is 0. The van der Waals surface area contributed by atoms with E-state index in [0.717, 1.165) is 0 Å². The molecule has 1 spiro atoms. The molecule has 8 heteroatoms. The number of rotatable bonds is 4. The van der Waals surface area contributed by atoms with E-state index in [0.29, 0.717) is 42.6 Å². The van der Waals surface area contributed by atoms with Gasteiger partial charge >= 0.3 is 0 Å². The molecule has 3 heterocycles. The van der Waals surface area contributed by atoms with Crippen molar-refractivity contribution in [2.24, 2.45) is 0 Å². The predicted molar refractivity (Wildman–Crippen MR) is 73.2 cm³/mol. The second kappa shape index (κ2) is 5.36.